The molecule has 1 aromatic carbocycles. The van der Waals surface area contributed by atoms with E-state index in [1.165, 1.54) is 6.20 Å². The van der Waals surface area contributed by atoms with Crippen LogP contribution < -0.4 is 10.1 Å². The molecule has 6 rings (SSSR count). The smallest absolute Gasteiger partial charge is 0.262 e. The van der Waals surface area contributed by atoms with Crippen LogP contribution in [-0.2, 0) is 71.6 Å². The molecule has 22 heteroatoms. The number of nitrogens with zero attached hydrogens (tertiary/aromatic N) is 5. The summed E-state index contributed by atoms with van der Waals surface area (Å²) in [7, 11) is 3.21. The molecule has 0 aliphatic carbocycles. The summed E-state index contributed by atoms with van der Waals surface area (Å²) in [6.45, 7) is 9.79. The number of Topliss-reactive ketones (excluding diaryl/α,β-unsaturated/α-hetero) is 2. The van der Waals surface area contributed by atoms with E-state index in [1.807, 2.05) is 19.9 Å². The minimum Gasteiger partial charge on any atom is -0.477 e. The van der Waals surface area contributed by atoms with E-state index in [2.05, 4.69) is 20.4 Å². The van der Waals surface area contributed by atoms with Crippen LogP contribution in [0.15, 0.2) is 42.7 Å². The van der Waals surface area contributed by atoms with Gasteiger partial charge >= 0.3 is 0 Å². The number of rotatable bonds is 33. The van der Waals surface area contributed by atoms with Crippen LogP contribution in [0.25, 0.3) is 5.65 Å². The first-order chi connectivity index (χ1) is 35.4. The molecule has 398 valence electrons. The minimum atomic E-state index is -0.961. The number of carbonyl (C=O) groups is 6. The summed E-state index contributed by atoms with van der Waals surface area (Å²) in [4.78, 5) is 84.4. The molecule has 1 N–H and O–H groups in total. The fraction of sp³-hybridized carbons (Fsp3) is 0.549. The zero-order chi connectivity index (χ0) is 52.5. The predicted molar refractivity (Wildman–Crippen MR) is 267 cm³/mol. The summed E-state index contributed by atoms with van der Waals surface area (Å²) in [5, 5.41) is 7.19. The van der Waals surface area contributed by atoms with Gasteiger partial charge in [-0.15, -0.1) is 0 Å². The number of imide groups is 2. The molecule has 1 saturated heterocycles. The molecule has 4 aromatic rings. The highest BCUT2D eigenvalue weighted by atomic mass is 35.5. The Hall–Kier alpha value is -5.29. The number of hydrogen-bond donors (Lipinski definition) is 1. The molecule has 0 spiro atoms. The number of methoxy groups -OCH3 is 2. The molecular weight excluding hydrogens is 991 g/mol. The van der Waals surface area contributed by atoms with Crippen LogP contribution in [0.1, 0.15) is 108 Å². The second-order valence-electron chi connectivity index (χ2n) is 17.0. The number of benzene rings is 1. The Labute approximate surface area is 434 Å². The minimum absolute atomic E-state index is 0.0554. The Kier molecular flexibility index (Phi) is 25.2. The number of piperidine rings is 1. The molecule has 0 radical (unpaired) electrons. The Morgan fingerprint density at radius 3 is 2.14 bits per heavy atom. The number of aryl methyl sites for hydroxylation is 1. The number of halogens is 2. The number of carbonyl (C=O) groups excluding carboxylic acids is 6. The highest BCUT2D eigenvalue weighted by Gasteiger charge is 2.45. The Morgan fingerprint density at radius 1 is 0.753 bits per heavy atom. The van der Waals surface area contributed by atoms with E-state index in [9.17, 15) is 28.8 Å². The van der Waals surface area contributed by atoms with Crippen LogP contribution in [0.5, 0.6) is 5.88 Å². The summed E-state index contributed by atoms with van der Waals surface area (Å²) < 4.78 is 44.9. The van der Waals surface area contributed by atoms with E-state index in [-0.39, 0.29) is 50.0 Å². The summed E-state index contributed by atoms with van der Waals surface area (Å²) in [6, 6.07) is 7.49. The molecule has 73 heavy (non-hydrogen) atoms. The van der Waals surface area contributed by atoms with Crippen molar-refractivity contribution in [3.05, 3.63) is 86.4 Å². The van der Waals surface area contributed by atoms with Crippen molar-refractivity contribution in [3.8, 4) is 5.88 Å². The first-order valence-electron chi connectivity index (χ1n) is 24.4. The van der Waals surface area contributed by atoms with Crippen molar-refractivity contribution < 1.29 is 66.7 Å². The summed E-state index contributed by atoms with van der Waals surface area (Å²) >= 11 is 12.2. The van der Waals surface area contributed by atoms with E-state index >= 15 is 0 Å². The van der Waals surface area contributed by atoms with Crippen LogP contribution in [0.2, 0.25) is 10.2 Å². The average Bonchev–Trinajstić information content (AvgIpc) is 3.87. The average molecular weight is 1060 g/mol. The number of ketones is 2. The molecule has 3 aromatic heterocycles. The van der Waals surface area contributed by atoms with Gasteiger partial charge < -0.3 is 37.9 Å². The fourth-order valence-corrected chi connectivity index (χ4v) is 8.26. The fourth-order valence-electron chi connectivity index (χ4n) is 7.91. The van der Waals surface area contributed by atoms with Crippen LogP contribution >= 0.6 is 23.2 Å². The van der Waals surface area contributed by atoms with Crippen molar-refractivity contribution in [2.45, 2.75) is 90.2 Å². The van der Waals surface area contributed by atoms with Gasteiger partial charge in [-0.25, -0.2) is 14.5 Å². The number of hydrogen-bond acceptors (Lipinski definition) is 17. The topological polar surface area (TPSA) is 235 Å². The van der Waals surface area contributed by atoms with Gasteiger partial charge in [0.05, 0.1) is 94.0 Å². The lowest BCUT2D eigenvalue weighted by molar-refractivity contribution is -0.136. The van der Waals surface area contributed by atoms with E-state index in [4.69, 9.17) is 61.1 Å². The highest BCUT2D eigenvalue weighted by molar-refractivity contribution is 6.30. The normalized spacial score (nSPS) is 14.8. The highest BCUT2D eigenvalue weighted by Crippen LogP contribution is 2.31. The van der Waals surface area contributed by atoms with Gasteiger partial charge in [0.15, 0.2) is 10.8 Å². The quantitative estimate of drug-likeness (QED) is 0.0440. The molecule has 20 nitrogen and oxygen atoms in total. The maximum absolute atomic E-state index is 13.2. The first-order valence-corrected chi connectivity index (χ1v) is 25.2. The number of fused-ring (bicyclic) bond motifs is 2. The number of pyridine rings is 1. The van der Waals surface area contributed by atoms with Crippen molar-refractivity contribution >= 4 is 64.0 Å². The molecular formula is C51H66Cl2N6O14. The number of nitrogens with one attached hydrogen (secondary N) is 1. The van der Waals surface area contributed by atoms with E-state index in [1.54, 1.807) is 49.2 Å². The summed E-state index contributed by atoms with van der Waals surface area (Å²) in [5.74, 6) is -1.66. The Bertz CT molecular complexity index is 2470. The van der Waals surface area contributed by atoms with Gasteiger partial charge in [-0.2, -0.15) is 5.10 Å². The van der Waals surface area contributed by atoms with Gasteiger partial charge in [0.2, 0.25) is 17.7 Å². The number of aromatic nitrogens is 4. The predicted octanol–water partition coefficient (Wildman–Crippen LogP) is 5.77. The second kappa shape index (κ2) is 31.4. The molecule has 4 amide bonds. The molecule has 2 atom stereocenters. The van der Waals surface area contributed by atoms with Gasteiger partial charge in [0.1, 0.15) is 17.6 Å². The Balaban J connectivity index is 0.000000276. The third-order valence-electron chi connectivity index (χ3n) is 11.5. The second-order valence-corrected chi connectivity index (χ2v) is 17.8. The lowest BCUT2D eigenvalue weighted by Gasteiger charge is -2.27. The van der Waals surface area contributed by atoms with Gasteiger partial charge in [0, 0.05) is 89.1 Å². The van der Waals surface area contributed by atoms with Crippen LogP contribution in [0.3, 0.4) is 0 Å². The largest absolute Gasteiger partial charge is 0.477 e. The van der Waals surface area contributed by atoms with Gasteiger partial charge in [-0.3, -0.25) is 39.0 Å². The standard InChI is InChI=1S/C28H36Cl2N4O6.C23H30N2O8/c1-4-8-38-11-12-39-10-7-23(35)6-5-9-40-28-20(13-22(29)18-32-28)14-24(36)15-21-17-31-26-16-25(30)33-34(26)27(21)19(2)37-3;1-30-10-11-32-14-15-33-13-12-31-9-3-5-16-4-2-6-17-20(16)23(29)25(22(17)28)18-7-8-19(26)24-21(18)27/h13,16-19H,4-12,14-15H2,1-3H3;2,4,6,18H,3,5,7-15H2,1H3,(H,24,26,27)/t19-;/m0./s1. The number of amides is 4. The van der Waals surface area contributed by atoms with Crippen molar-refractivity contribution in [2.75, 3.05) is 93.5 Å². The molecule has 2 aliphatic heterocycles. The molecule has 0 saturated carbocycles. The molecule has 2 aliphatic rings. The van der Waals surface area contributed by atoms with Crippen LogP contribution in [-0.4, -0.2) is 159 Å². The van der Waals surface area contributed by atoms with Crippen molar-refractivity contribution in [3.63, 3.8) is 0 Å². The van der Waals surface area contributed by atoms with Gasteiger partial charge in [-0.1, -0.05) is 42.3 Å². The first kappa shape index (κ1) is 58.6. The molecule has 0 bridgehead atoms. The monoisotopic (exact) mass is 1060 g/mol. The van der Waals surface area contributed by atoms with E-state index in [0.717, 1.165) is 16.9 Å². The van der Waals surface area contributed by atoms with Crippen molar-refractivity contribution in [1.82, 2.24) is 29.8 Å². The van der Waals surface area contributed by atoms with E-state index in [0.29, 0.717) is 154 Å². The van der Waals surface area contributed by atoms with Crippen LogP contribution in [0, 0.1) is 0 Å². The van der Waals surface area contributed by atoms with Gasteiger partial charge in [-0.05, 0) is 56.7 Å². The zero-order valence-electron chi connectivity index (χ0n) is 42.0. The SMILES string of the molecule is CCCOCCOCCC(=O)CCCOc1ncc(Cl)cc1CC(=O)Cc1cnc2cc(Cl)nn2c1[C@H](C)OC.COCCOCCOCCOCCCc1cccc2c1C(=O)N(C1CCC(=O)NC1=O)C2=O. The van der Waals surface area contributed by atoms with Crippen molar-refractivity contribution in [1.29, 1.82) is 0 Å². The Morgan fingerprint density at radius 2 is 1.44 bits per heavy atom. The molecule has 5 heterocycles. The molecule has 1 unspecified atom stereocenters. The third kappa shape index (κ3) is 18.3. The van der Waals surface area contributed by atoms with Crippen molar-refractivity contribution in [2.24, 2.45) is 0 Å². The zero-order valence-corrected chi connectivity index (χ0v) is 43.5. The van der Waals surface area contributed by atoms with Gasteiger partial charge in [0.25, 0.3) is 11.8 Å². The lowest BCUT2D eigenvalue weighted by Crippen LogP contribution is -2.54. The lowest BCUT2D eigenvalue weighted by atomic mass is 9.99. The maximum atomic E-state index is 13.2. The number of ether oxygens (including phenoxy) is 8. The van der Waals surface area contributed by atoms with E-state index < -0.39 is 29.7 Å². The maximum Gasteiger partial charge on any atom is 0.262 e. The third-order valence-corrected chi connectivity index (χ3v) is 11.9. The summed E-state index contributed by atoms with van der Waals surface area (Å²) in [5.41, 5.74) is 3.90. The molecule has 1 fully saturated rings. The van der Waals surface area contributed by atoms with Crippen LogP contribution in [0.4, 0.5) is 0 Å². The summed E-state index contributed by atoms with van der Waals surface area (Å²) in [6.07, 6.45) is 6.58.